The quantitative estimate of drug-likeness (QED) is 0.142. The summed E-state index contributed by atoms with van der Waals surface area (Å²) in [6.45, 7) is 5.58. The molecular formula is C31H30BrFN4O4S2. The largest absolute Gasteiger partial charge is 0.488 e. The van der Waals surface area contributed by atoms with Crippen molar-refractivity contribution in [3.63, 3.8) is 0 Å². The molecule has 2 aromatic heterocycles. The van der Waals surface area contributed by atoms with Crippen molar-refractivity contribution in [2.24, 2.45) is 0 Å². The van der Waals surface area contributed by atoms with E-state index in [0.29, 0.717) is 11.6 Å². The standard InChI is InChI=1S/C31H30BrFN4O4S2/c1-19(2)43(38,39)12-11-40-20(3)31-37-28(17-42-31)22-7-9-27-25(14-22)30(35-18-34-27)36-24-8-10-29(26(32)15-24)41-16-21-5-4-6-23(33)13-21/h4-10,13-15,17-20H,11-12,16H2,1-3H3,(H,34,35,36). The SMILES string of the molecule is CC(OCCS(=O)(=O)C(C)C)c1nc(-c2ccc3ncnc(Nc4ccc(OCc5cccc(F)c5)c(Br)c4)c3c2)cs1. The van der Waals surface area contributed by atoms with Gasteiger partial charge in [0, 0.05) is 22.0 Å². The van der Waals surface area contributed by atoms with Gasteiger partial charge >= 0.3 is 0 Å². The number of fused-ring (bicyclic) bond motifs is 1. The van der Waals surface area contributed by atoms with Crippen molar-refractivity contribution in [1.82, 2.24) is 15.0 Å². The zero-order chi connectivity index (χ0) is 30.6. The van der Waals surface area contributed by atoms with E-state index in [-0.39, 0.29) is 30.9 Å². The summed E-state index contributed by atoms with van der Waals surface area (Å²) in [6, 6.07) is 17.8. The average molecular weight is 686 g/mol. The summed E-state index contributed by atoms with van der Waals surface area (Å²) in [5, 5.41) is 6.48. The highest BCUT2D eigenvalue weighted by Gasteiger charge is 2.18. The highest BCUT2D eigenvalue weighted by molar-refractivity contribution is 9.10. The second kappa shape index (κ2) is 13.5. The van der Waals surface area contributed by atoms with E-state index >= 15 is 0 Å². The lowest BCUT2D eigenvalue weighted by Gasteiger charge is -2.13. The molecule has 0 saturated heterocycles. The molecular weight excluding hydrogens is 655 g/mol. The Morgan fingerprint density at radius 1 is 1.05 bits per heavy atom. The monoisotopic (exact) mass is 684 g/mol. The number of anilines is 2. The van der Waals surface area contributed by atoms with Gasteiger partial charge in [0.1, 0.15) is 41.4 Å². The van der Waals surface area contributed by atoms with Crippen molar-refractivity contribution >= 4 is 59.5 Å². The molecule has 0 aliphatic carbocycles. The van der Waals surface area contributed by atoms with Gasteiger partial charge in [0.25, 0.3) is 0 Å². The predicted molar refractivity (Wildman–Crippen MR) is 172 cm³/mol. The highest BCUT2D eigenvalue weighted by Crippen LogP contribution is 2.33. The van der Waals surface area contributed by atoms with Crippen LogP contribution in [0.5, 0.6) is 5.75 Å². The van der Waals surface area contributed by atoms with Crippen molar-refractivity contribution in [2.45, 2.75) is 38.7 Å². The molecule has 0 radical (unpaired) electrons. The molecule has 0 aliphatic heterocycles. The lowest BCUT2D eigenvalue weighted by Crippen LogP contribution is -2.21. The third kappa shape index (κ3) is 7.74. The van der Waals surface area contributed by atoms with Gasteiger partial charge < -0.3 is 14.8 Å². The van der Waals surface area contributed by atoms with Crippen LogP contribution in [0.1, 0.15) is 37.4 Å². The van der Waals surface area contributed by atoms with Crippen LogP contribution in [0.4, 0.5) is 15.9 Å². The second-order valence-corrected chi connectivity index (χ2v) is 14.6. The molecule has 1 unspecified atom stereocenters. The zero-order valence-corrected chi connectivity index (χ0v) is 27.0. The number of halogens is 2. The van der Waals surface area contributed by atoms with E-state index in [2.05, 4.69) is 31.2 Å². The number of nitrogens with one attached hydrogen (secondary N) is 1. The molecule has 0 bridgehead atoms. The number of aromatic nitrogens is 3. The number of benzene rings is 3. The van der Waals surface area contributed by atoms with Gasteiger partial charge in [0.05, 0.1) is 33.3 Å². The fourth-order valence-electron chi connectivity index (χ4n) is 4.19. The van der Waals surface area contributed by atoms with Gasteiger partial charge in [0.15, 0.2) is 9.84 Å². The minimum atomic E-state index is -3.16. The molecule has 224 valence electrons. The van der Waals surface area contributed by atoms with Crippen molar-refractivity contribution in [2.75, 3.05) is 17.7 Å². The summed E-state index contributed by atoms with van der Waals surface area (Å²) < 4.78 is 50.0. The summed E-state index contributed by atoms with van der Waals surface area (Å²) in [7, 11) is -3.16. The van der Waals surface area contributed by atoms with Gasteiger partial charge in [-0.3, -0.25) is 0 Å². The number of sulfone groups is 1. The lowest BCUT2D eigenvalue weighted by molar-refractivity contribution is 0.0775. The summed E-state index contributed by atoms with van der Waals surface area (Å²) in [5.74, 6) is 0.940. The van der Waals surface area contributed by atoms with Crippen LogP contribution in [-0.4, -0.2) is 41.0 Å². The van der Waals surface area contributed by atoms with Gasteiger partial charge in [-0.2, -0.15) is 0 Å². The van der Waals surface area contributed by atoms with Crippen molar-refractivity contribution in [3.8, 4) is 17.0 Å². The molecule has 0 spiro atoms. The maximum Gasteiger partial charge on any atom is 0.154 e. The maximum absolute atomic E-state index is 13.5. The van der Waals surface area contributed by atoms with E-state index < -0.39 is 15.1 Å². The lowest BCUT2D eigenvalue weighted by atomic mass is 10.1. The Balaban J connectivity index is 1.29. The van der Waals surface area contributed by atoms with Crippen LogP contribution >= 0.6 is 27.3 Å². The summed E-state index contributed by atoms with van der Waals surface area (Å²) in [5.41, 5.74) is 3.98. The number of hydrogen-bond donors (Lipinski definition) is 1. The van der Waals surface area contributed by atoms with Crippen LogP contribution in [0.15, 0.2) is 76.8 Å². The molecule has 0 aliphatic rings. The minimum Gasteiger partial charge on any atom is -0.488 e. The third-order valence-electron chi connectivity index (χ3n) is 6.73. The van der Waals surface area contributed by atoms with E-state index in [1.807, 2.05) is 54.8 Å². The number of thiazole rings is 1. The molecule has 0 amide bonds. The van der Waals surface area contributed by atoms with Gasteiger partial charge in [-0.05, 0) is 84.7 Å². The van der Waals surface area contributed by atoms with Gasteiger partial charge in [-0.15, -0.1) is 11.3 Å². The third-order valence-corrected chi connectivity index (χ3v) is 10.5. The number of nitrogens with zero attached hydrogens (tertiary/aromatic N) is 3. The Morgan fingerprint density at radius 2 is 1.88 bits per heavy atom. The second-order valence-electron chi connectivity index (χ2n) is 10.1. The first-order chi connectivity index (χ1) is 20.6. The molecule has 2 heterocycles. The first-order valence-electron chi connectivity index (χ1n) is 13.6. The molecule has 8 nitrogen and oxygen atoms in total. The topological polar surface area (TPSA) is 103 Å². The van der Waals surface area contributed by atoms with Gasteiger partial charge in [0.2, 0.25) is 0 Å². The average Bonchev–Trinajstić information content (AvgIpc) is 3.47. The van der Waals surface area contributed by atoms with Crippen LogP contribution in [0.2, 0.25) is 0 Å². The van der Waals surface area contributed by atoms with E-state index in [1.165, 1.54) is 29.8 Å². The Morgan fingerprint density at radius 3 is 2.65 bits per heavy atom. The van der Waals surface area contributed by atoms with Crippen molar-refractivity contribution in [3.05, 3.63) is 93.2 Å². The highest BCUT2D eigenvalue weighted by atomic mass is 79.9. The molecule has 12 heteroatoms. The van der Waals surface area contributed by atoms with Gasteiger partial charge in [-0.1, -0.05) is 18.2 Å². The Labute approximate surface area is 262 Å². The summed E-state index contributed by atoms with van der Waals surface area (Å²) >= 11 is 5.03. The number of rotatable bonds is 12. The molecule has 5 aromatic rings. The first kappa shape index (κ1) is 31.0. The van der Waals surface area contributed by atoms with Crippen LogP contribution in [0, 0.1) is 5.82 Å². The molecule has 1 N–H and O–H groups in total. The molecule has 0 fully saturated rings. The van der Waals surface area contributed by atoms with Gasteiger partial charge in [-0.25, -0.2) is 27.8 Å². The predicted octanol–water partition coefficient (Wildman–Crippen LogP) is 7.88. The Kier molecular flexibility index (Phi) is 9.70. The fourth-order valence-corrected chi connectivity index (χ4v) is 6.32. The molecule has 1 atom stereocenters. The Bertz CT molecular complexity index is 1850. The number of ether oxygens (including phenoxy) is 2. The van der Waals surface area contributed by atoms with Crippen molar-refractivity contribution < 1.29 is 22.3 Å². The van der Waals surface area contributed by atoms with Crippen LogP contribution in [0.3, 0.4) is 0 Å². The van der Waals surface area contributed by atoms with Crippen LogP contribution in [0.25, 0.3) is 22.2 Å². The van der Waals surface area contributed by atoms with Crippen LogP contribution < -0.4 is 10.1 Å². The van der Waals surface area contributed by atoms with E-state index in [0.717, 1.165) is 42.9 Å². The molecule has 43 heavy (non-hydrogen) atoms. The number of hydrogen-bond acceptors (Lipinski definition) is 9. The van der Waals surface area contributed by atoms with Crippen LogP contribution in [-0.2, 0) is 21.2 Å². The zero-order valence-electron chi connectivity index (χ0n) is 23.8. The van der Waals surface area contributed by atoms with E-state index in [9.17, 15) is 12.8 Å². The summed E-state index contributed by atoms with van der Waals surface area (Å²) in [4.78, 5) is 13.7. The fraction of sp³-hybridized carbons (Fsp3) is 0.258. The normalized spacial score (nSPS) is 12.5. The first-order valence-corrected chi connectivity index (χ1v) is 17.0. The molecule has 3 aromatic carbocycles. The summed E-state index contributed by atoms with van der Waals surface area (Å²) in [6.07, 6.45) is 1.18. The maximum atomic E-state index is 13.5. The van der Waals surface area contributed by atoms with Crippen molar-refractivity contribution in [1.29, 1.82) is 0 Å². The Hall–Kier alpha value is -3.45. The molecule has 5 rings (SSSR count). The van der Waals surface area contributed by atoms with E-state index in [4.69, 9.17) is 14.5 Å². The smallest absolute Gasteiger partial charge is 0.154 e. The van der Waals surface area contributed by atoms with E-state index in [1.54, 1.807) is 19.9 Å². The molecule has 0 saturated carbocycles. The minimum absolute atomic E-state index is 0.0189.